The van der Waals surface area contributed by atoms with Gasteiger partial charge in [-0.05, 0) is 18.6 Å². The van der Waals surface area contributed by atoms with Gasteiger partial charge in [0.2, 0.25) is 0 Å². The second-order valence-corrected chi connectivity index (χ2v) is 3.54. The Morgan fingerprint density at radius 3 is 3.07 bits per heavy atom. The smallest absolute Gasteiger partial charge is 0.339 e. The van der Waals surface area contributed by atoms with E-state index in [4.69, 9.17) is 9.52 Å². The molecule has 3 rings (SSSR count). The van der Waals surface area contributed by atoms with Crippen LogP contribution in [0.15, 0.2) is 28.7 Å². The summed E-state index contributed by atoms with van der Waals surface area (Å²) in [7, 11) is 0. The molecular weight excluding hydrogens is 192 g/mol. The average Bonchev–Trinajstić information content (AvgIpc) is 2.75. The van der Waals surface area contributed by atoms with Crippen molar-refractivity contribution >= 4 is 23.0 Å². The van der Waals surface area contributed by atoms with Crippen LogP contribution in [0.25, 0.3) is 17.0 Å². The Hall–Kier alpha value is -2.03. The van der Waals surface area contributed by atoms with Gasteiger partial charge in [-0.15, -0.1) is 0 Å². The van der Waals surface area contributed by atoms with Crippen LogP contribution in [0.1, 0.15) is 21.7 Å². The first kappa shape index (κ1) is 8.29. The highest BCUT2D eigenvalue weighted by Crippen LogP contribution is 2.33. The minimum atomic E-state index is -0.947. The van der Waals surface area contributed by atoms with E-state index >= 15 is 0 Å². The number of furan rings is 1. The van der Waals surface area contributed by atoms with Crippen molar-refractivity contribution in [2.45, 2.75) is 6.42 Å². The van der Waals surface area contributed by atoms with Crippen molar-refractivity contribution < 1.29 is 14.3 Å². The predicted octanol–water partition coefficient (Wildman–Crippen LogP) is 2.70. The molecule has 74 valence electrons. The third-order valence-corrected chi connectivity index (χ3v) is 2.67. The van der Waals surface area contributed by atoms with E-state index in [0.717, 1.165) is 23.1 Å². The number of para-hydroxylation sites is 1. The van der Waals surface area contributed by atoms with Crippen molar-refractivity contribution in [3.8, 4) is 0 Å². The van der Waals surface area contributed by atoms with Gasteiger partial charge in [0.1, 0.15) is 16.9 Å². The summed E-state index contributed by atoms with van der Waals surface area (Å²) in [5, 5.41) is 9.91. The quantitative estimate of drug-likeness (QED) is 0.769. The fraction of sp³-hybridized carbons (Fsp3) is 0.0833. The predicted molar refractivity (Wildman–Crippen MR) is 55.9 cm³/mol. The average molecular weight is 200 g/mol. The molecule has 1 heterocycles. The molecule has 0 spiro atoms. The van der Waals surface area contributed by atoms with E-state index in [1.54, 1.807) is 12.1 Å². The van der Waals surface area contributed by atoms with Crippen LogP contribution in [0.3, 0.4) is 0 Å². The van der Waals surface area contributed by atoms with Gasteiger partial charge in [-0.3, -0.25) is 0 Å². The van der Waals surface area contributed by atoms with Gasteiger partial charge in [0.15, 0.2) is 0 Å². The summed E-state index contributed by atoms with van der Waals surface area (Å²) >= 11 is 0. The first-order chi connectivity index (χ1) is 7.27. The zero-order valence-corrected chi connectivity index (χ0v) is 7.86. The molecule has 1 N–H and O–H groups in total. The summed E-state index contributed by atoms with van der Waals surface area (Å²) in [6.07, 6.45) is 4.73. The highest BCUT2D eigenvalue weighted by Gasteiger charge is 2.19. The molecular formula is C12H8O3. The maximum absolute atomic E-state index is 11.0. The first-order valence-corrected chi connectivity index (χ1v) is 4.71. The van der Waals surface area contributed by atoms with Crippen molar-refractivity contribution in [2.24, 2.45) is 0 Å². The maximum Gasteiger partial charge on any atom is 0.339 e. The van der Waals surface area contributed by atoms with E-state index < -0.39 is 5.97 Å². The molecule has 0 bridgehead atoms. The number of carboxylic acid groups (broad SMARTS) is 1. The van der Waals surface area contributed by atoms with Crippen molar-refractivity contribution in [1.82, 2.24) is 0 Å². The molecule has 3 nitrogen and oxygen atoms in total. The van der Waals surface area contributed by atoms with Gasteiger partial charge in [0.05, 0.1) is 0 Å². The number of rotatable bonds is 1. The fourth-order valence-electron chi connectivity index (χ4n) is 1.99. The summed E-state index contributed by atoms with van der Waals surface area (Å²) in [5.74, 6) is -0.157. The maximum atomic E-state index is 11.0. The Balaban J connectivity index is 2.41. The summed E-state index contributed by atoms with van der Waals surface area (Å²) in [4.78, 5) is 11.0. The van der Waals surface area contributed by atoms with Gasteiger partial charge in [0.25, 0.3) is 0 Å². The minimum absolute atomic E-state index is 0.232. The summed E-state index contributed by atoms with van der Waals surface area (Å²) in [5.41, 5.74) is 1.81. The molecule has 0 fully saturated rings. The zero-order valence-electron chi connectivity index (χ0n) is 7.86. The van der Waals surface area contributed by atoms with Gasteiger partial charge in [-0.1, -0.05) is 18.2 Å². The number of allylic oxidation sites excluding steroid dienone is 1. The van der Waals surface area contributed by atoms with Crippen LogP contribution in [0.4, 0.5) is 0 Å². The molecule has 0 amide bonds. The van der Waals surface area contributed by atoms with Gasteiger partial charge >= 0.3 is 5.97 Å². The molecule has 3 heteroatoms. The fourth-order valence-corrected chi connectivity index (χ4v) is 1.99. The molecule has 2 aromatic rings. The number of carbonyl (C=O) groups is 1. The highest BCUT2D eigenvalue weighted by molar-refractivity contribution is 6.03. The molecule has 0 saturated heterocycles. The summed E-state index contributed by atoms with van der Waals surface area (Å²) < 4.78 is 5.54. The van der Waals surface area contributed by atoms with E-state index in [1.165, 1.54) is 0 Å². The highest BCUT2D eigenvalue weighted by atomic mass is 16.4. The number of hydrogen-bond acceptors (Lipinski definition) is 2. The van der Waals surface area contributed by atoms with Crippen molar-refractivity contribution in [1.29, 1.82) is 0 Å². The summed E-state index contributed by atoms with van der Waals surface area (Å²) in [6, 6.07) is 5.21. The third-order valence-electron chi connectivity index (χ3n) is 2.67. The molecule has 0 aliphatic heterocycles. The normalized spacial score (nSPS) is 13.3. The first-order valence-electron chi connectivity index (χ1n) is 4.71. The molecule has 0 radical (unpaired) electrons. The Bertz CT molecular complexity index is 590. The number of fused-ring (bicyclic) bond motifs is 3. The van der Waals surface area contributed by atoms with Crippen LogP contribution in [-0.2, 0) is 6.42 Å². The Kier molecular flexibility index (Phi) is 1.51. The zero-order chi connectivity index (χ0) is 10.4. The van der Waals surface area contributed by atoms with Gasteiger partial charge in [0, 0.05) is 10.9 Å². The largest absolute Gasteiger partial charge is 0.478 e. The Labute approximate surface area is 85.6 Å². The SMILES string of the molecule is O=C(O)c1cccc2c3c(oc12)C=CC3. The lowest BCUT2D eigenvalue weighted by molar-refractivity contribution is 0.0698. The molecule has 0 atom stereocenters. The van der Waals surface area contributed by atoms with Crippen LogP contribution in [0.2, 0.25) is 0 Å². The van der Waals surface area contributed by atoms with Gasteiger partial charge in [-0.2, -0.15) is 0 Å². The minimum Gasteiger partial charge on any atom is -0.478 e. The van der Waals surface area contributed by atoms with E-state index in [2.05, 4.69) is 0 Å². The molecule has 15 heavy (non-hydrogen) atoms. The molecule has 1 aromatic carbocycles. The van der Waals surface area contributed by atoms with E-state index in [1.807, 2.05) is 18.2 Å². The van der Waals surface area contributed by atoms with Crippen LogP contribution in [0, 0.1) is 0 Å². The number of carboxylic acids is 1. The lowest BCUT2D eigenvalue weighted by Gasteiger charge is -1.95. The lowest BCUT2D eigenvalue weighted by Crippen LogP contribution is -1.95. The van der Waals surface area contributed by atoms with E-state index in [-0.39, 0.29) is 5.56 Å². The van der Waals surface area contributed by atoms with Crippen LogP contribution in [0.5, 0.6) is 0 Å². The number of hydrogen-bond donors (Lipinski definition) is 1. The second kappa shape index (κ2) is 2.73. The topological polar surface area (TPSA) is 50.4 Å². The third kappa shape index (κ3) is 1.03. The monoisotopic (exact) mass is 200 g/mol. The number of aromatic carboxylic acids is 1. The summed E-state index contributed by atoms with van der Waals surface area (Å²) in [6.45, 7) is 0. The van der Waals surface area contributed by atoms with Crippen LogP contribution >= 0.6 is 0 Å². The van der Waals surface area contributed by atoms with E-state index in [9.17, 15) is 4.79 Å². The standard InChI is InChI=1S/C12H8O3/c13-12(14)9-5-1-4-8-7-3-2-6-10(7)15-11(8)9/h1-2,4-6H,3H2,(H,13,14). The van der Waals surface area contributed by atoms with Crippen LogP contribution < -0.4 is 0 Å². The van der Waals surface area contributed by atoms with Gasteiger partial charge in [-0.25, -0.2) is 4.79 Å². The second-order valence-electron chi connectivity index (χ2n) is 3.54. The van der Waals surface area contributed by atoms with Crippen molar-refractivity contribution in [3.63, 3.8) is 0 Å². The lowest BCUT2D eigenvalue weighted by atomic mass is 10.1. The number of benzene rings is 1. The molecule has 1 aliphatic rings. The molecule has 1 aromatic heterocycles. The van der Waals surface area contributed by atoms with E-state index in [0.29, 0.717) is 5.58 Å². The Morgan fingerprint density at radius 1 is 1.40 bits per heavy atom. The van der Waals surface area contributed by atoms with Crippen LogP contribution in [-0.4, -0.2) is 11.1 Å². The van der Waals surface area contributed by atoms with Crippen molar-refractivity contribution in [3.05, 3.63) is 41.2 Å². The van der Waals surface area contributed by atoms with Crippen molar-refractivity contribution in [2.75, 3.05) is 0 Å². The van der Waals surface area contributed by atoms with Gasteiger partial charge < -0.3 is 9.52 Å². The molecule has 1 aliphatic carbocycles. The molecule has 0 unspecified atom stereocenters. The molecule has 0 saturated carbocycles. The Morgan fingerprint density at radius 2 is 2.27 bits per heavy atom.